The summed E-state index contributed by atoms with van der Waals surface area (Å²) < 4.78 is 5.61. The molecule has 0 atom stereocenters. The van der Waals surface area contributed by atoms with Gasteiger partial charge in [0, 0.05) is 22.5 Å². The zero-order valence-electron chi connectivity index (χ0n) is 9.37. The van der Waals surface area contributed by atoms with Crippen molar-refractivity contribution in [1.82, 2.24) is 0 Å². The lowest BCUT2D eigenvalue weighted by Crippen LogP contribution is -1.93. The maximum Gasteiger partial charge on any atom is 0.141 e. The molecular formula is C12H15N3O. The highest BCUT2D eigenvalue weighted by molar-refractivity contribution is 5.80. The van der Waals surface area contributed by atoms with Gasteiger partial charge < -0.3 is 21.6 Å². The van der Waals surface area contributed by atoms with Crippen molar-refractivity contribution < 1.29 is 4.42 Å². The summed E-state index contributed by atoms with van der Waals surface area (Å²) >= 11 is 0. The minimum absolute atomic E-state index is 0.631. The van der Waals surface area contributed by atoms with Crippen LogP contribution in [0.25, 0.3) is 11.3 Å². The molecule has 0 saturated heterocycles. The molecule has 0 spiro atoms. The first kappa shape index (κ1) is 10.4. The highest BCUT2D eigenvalue weighted by Crippen LogP contribution is 2.36. The number of rotatable bonds is 1. The molecule has 2 aromatic rings. The van der Waals surface area contributed by atoms with Crippen LogP contribution in [0.1, 0.15) is 11.3 Å². The number of benzene rings is 1. The molecule has 0 saturated carbocycles. The second-order valence-corrected chi connectivity index (χ2v) is 3.87. The Hall–Kier alpha value is -2.10. The highest BCUT2D eigenvalue weighted by atomic mass is 16.3. The average Bonchev–Trinajstić information content (AvgIpc) is 2.50. The van der Waals surface area contributed by atoms with Gasteiger partial charge in [-0.2, -0.15) is 0 Å². The second kappa shape index (κ2) is 3.48. The van der Waals surface area contributed by atoms with E-state index >= 15 is 0 Å². The van der Waals surface area contributed by atoms with Gasteiger partial charge in [0.1, 0.15) is 11.5 Å². The maximum atomic E-state index is 5.89. The Bertz CT molecular complexity index is 543. The van der Waals surface area contributed by atoms with Crippen molar-refractivity contribution in [3.63, 3.8) is 0 Å². The molecule has 1 heterocycles. The number of furan rings is 1. The Kier molecular flexibility index (Phi) is 2.27. The topological polar surface area (TPSA) is 91.2 Å². The van der Waals surface area contributed by atoms with E-state index in [1.54, 1.807) is 18.2 Å². The van der Waals surface area contributed by atoms with Crippen molar-refractivity contribution in [3.05, 3.63) is 29.5 Å². The molecule has 0 aliphatic rings. The molecule has 84 valence electrons. The van der Waals surface area contributed by atoms with Gasteiger partial charge in [0.05, 0.1) is 5.69 Å². The van der Waals surface area contributed by atoms with E-state index in [1.165, 1.54) is 0 Å². The molecule has 0 unspecified atom stereocenters. The van der Waals surface area contributed by atoms with E-state index in [9.17, 15) is 0 Å². The third kappa shape index (κ3) is 1.48. The first-order valence-electron chi connectivity index (χ1n) is 5.01. The van der Waals surface area contributed by atoms with Gasteiger partial charge in [-0.25, -0.2) is 0 Å². The third-order valence-corrected chi connectivity index (χ3v) is 2.70. The van der Waals surface area contributed by atoms with Crippen LogP contribution in [-0.2, 0) is 0 Å². The van der Waals surface area contributed by atoms with Crippen LogP contribution in [0.5, 0.6) is 0 Å². The average molecular weight is 217 g/mol. The number of hydrogen-bond donors (Lipinski definition) is 3. The summed E-state index contributed by atoms with van der Waals surface area (Å²) in [4.78, 5) is 0. The van der Waals surface area contributed by atoms with Crippen molar-refractivity contribution in [2.24, 2.45) is 0 Å². The van der Waals surface area contributed by atoms with E-state index in [0.29, 0.717) is 28.6 Å². The fraction of sp³-hybridized carbons (Fsp3) is 0.167. The lowest BCUT2D eigenvalue weighted by atomic mass is 10.1. The first-order valence-corrected chi connectivity index (χ1v) is 5.01. The Morgan fingerprint density at radius 3 is 2.31 bits per heavy atom. The van der Waals surface area contributed by atoms with Gasteiger partial charge >= 0.3 is 0 Å². The van der Waals surface area contributed by atoms with Gasteiger partial charge in [0.25, 0.3) is 0 Å². The number of nitrogens with two attached hydrogens (primary N) is 3. The van der Waals surface area contributed by atoms with Crippen LogP contribution in [0.15, 0.2) is 22.6 Å². The second-order valence-electron chi connectivity index (χ2n) is 3.87. The number of hydrogen-bond acceptors (Lipinski definition) is 4. The smallest absolute Gasteiger partial charge is 0.141 e. The van der Waals surface area contributed by atoms with Crippen LogP contribution in [0.2, 0.25) is 0 Å². The molecule has 0 amide bonds. The molecule has 16 heavy (non-hydrogen) atoms. The van der Waals surface area contributed by atoms with Gasteiger partial charge in [-0.05, 0) is 32.0 Å². The van der Waals surface area contributed by atoms with Gasteiger partial charge in [-0.1, -0.05) is 0 Å². The van der Waals surface area contributed by atoms with Crippen LogP contribution < -0.4 is 17.2 Å². The Morgan fingerprint density at radius 2 is 1.75 bits per heavy atom. The lowest BCUT2D eigenvalue weighted by molar-refractivity contribution is 0.549. The summed E-state index contributed by atoms with van der Waals surface area (Å²) in [7, 11) is 0. The predicted octanol–water partition coefficient (Wildman–Crippen LogP) is 2.31. The Labute approximate surface area is 94.0 Å². The van der Waals surface area contributed by atoms with E-state index in [-0.39, 0.29) is 0 Å². The Balaban J connectivity index is 2.67. The largest absolute Gasteiger partial charge is 0.459 e. The summed E-state index contributed by atoms with van der Waals surface area (Å²) in [6.45, 7) is 3.73. The van der Waals surface area contributed by atoms with Crippen molar-refractivity contribution in [2.45, 2.75) is 13.8 Å². The van der Waals surface area contributed by atoms with Crippen LogP contribution >= 0.6 is 0 Å². The lowest BCUT2D eigenvalue weighted by Gasteiger charge is -2.05. The maximum absolute atomic E-state index is 5.89. The zero-order valence-corrected chi connectivity index (χ0v) is 9.37. The number of anilines is 3. The van der Waals surface area contributed by atoms with E-state index in [1.807, 2.05) is 13.8 Å². The molecule has 4 nitrogen and oxygen atoms in total. The molecule has 6 N–H and O–H groups in total. The summed E-state index contributed by atoms with van der Waals surface area (Å²) in [5.74, 6) is 1.40. The molecule has 0 bridgehead atoms. The van der Waals surface area contributed by atoms with Crippen molar-refractivity contribution >= 4 is 17.1 Å². The quantitative estimate of drug-likeness (QED) is 0.639. The molecule has 0 fully saturated rings. The summed E-state index contributed by atoms with van der Waals surface area (Å²) in [6, 6.07) is 5.31. The van der Waals surface area contributed by atoms with Gasteiger partial charge in [-0.15, -0.1) is 0 Å². The monoisotopic (exact) mass is 217 g/mol. The molecule has 1 aromatic heterocycles. The van der Waals surface area contributed by atoms with Gasteiger partial charge in [0.2, 0.25) is 0 Å². The van der Waals surface area contributed by atoms with Gasteiger partial charge in [0.15, 0.2) is 0 Å². The molecule has 1 aromatic carbocycles. The van der Waals surface area contributed by atoms with E-state index in [2.05, 4.69) is 0 Å². The Morgan fingerprint density at radius 1 is 1.06 bits per heavy atom. The van der Waals surface area contributed by atoms with Crippen LogP contribution in [-0.4, -0.2) is 0 Å². The standard InChI is InChI=1S/C12H15N3O/c1-6-11(15)7(2)16-12(6)9-5-8(13)3-4-10(9)14/h3-5H,13-15H2,1-2H3. The summed E-state index contributed by atoms with van der Waals surface area (Å²) in [5, 5.41) is 0. The molecule has 0 aliphatic carbocycles. The molecular weight excluding hydrogens is 202 g/mol. The summed E-state index contributed by atoms with van der Waals surface area (Å²) in [6.07, 6.45) is 0. The minimum atomic E-state index is 0.631. The normalized spacial score (nSPS) is 10.6. The molecule has 4 heteroatoms. The highest BCUT2D eigenvalue weighted by Gasteiger charge is 2.15. The summed E-state index contributed by atoms with van der Waals surface area (Å²) in [5.41, 5.74) is 21.1. The first-order chi connectivity index (χ1) is 7.50. The van der Waals surface area contributed by atoms with E-state index < -0.39 is 0 Å². The van der Waals surface area contributed by atoms with Crippen molar-refractivity contribution in [1.29, 1.82) is 0 Å². The third-order valence-electron chi connectivity index (χ3n) is 2.70. The predicted molar refractivity (Wildman–Crippen MR) is 66.9 cm³/mol. The van der Waals surface area contributed by atoms with Crippen LogP contribution in [0.3, 0.4) is 0 Å². The number of nitrogen functional groups attached to an aromatic ring is 3. The fourth-order valence-corrected chi connectivity index (χ4v) is 1.70. The van der Waals surface area contributed by atoms with Crippen LogP contribution in [0, 0.1) is 13.8 Å². The van der Waals surface area contributed by atoms with Crippen molar-refractivity contribution in [3.8, 4) is 11.3 Å². The molecule has 2 rings (SSSR count). The SMILES string of the molecule is Cc1oc(-c2cc(N)ccc2N)c(C)c1N. The number of aryl methyl sites for hydroxylation is 1. The molecule has 0 aliphatic heterocycles. The fourth-order valence-electron chi connectivity index (χ4n) is 1.70. The van der Waals surface area contributed by atoms with Crippen molar-refractivity contribution in [2.75, 3.05) is 17.2 Å². The van der Waals surface area contributed by atoms with E-state index in [0.717, 1.165) is 11.1 Å². The van der Waals surface area contributed by atoms with Gasteiger partial charge in [-0.3, -0.25) is 0 Å². The zero-order chi connectivity index (χ0) is 11.9. The van der Waals surface area contributed by atoms with E-state index in [4.69, 9.17) is 21.6 Å². The van der Waals surface area contributed by atoms with Crippen LogP contribution in [0.4, 0.5) is 17.1 Å². The molecule has 0 radical (unpaired) electrons. The minimum Gasteiger partial charge on any atom is -0.459 e.